The lowest BCUT2D eigenvalue weighted by Crippen LogP contribution is -2.43. The molecule has 7 heteroatoms. The van der Waals surface area contributed by atoms with E-state index in [1.165, 1.54) is 17.2 Å². The number of halogens is 1. The van der Waals surface area contributed by atoms with E-state index in [1.807, 2.05) is 6.07 Å². The number of nitro groups is 1. The van der Waals surface area contributed by atoms with Crippen LogP contribution in [0.5, 0.6) is 0 Å². The molecule has 132 valence electrons. The maximum absolute atomic E-state index is 10.9. The van der Waals surface area contributed by atoms with Gasteiger partial charge >= 0.3 is 0 Å². The molecule has 0 aromatic heterocycles. The number of hydrogen-bond donors (Lipinski definition) is 1. The highest BCUT2D eigenvalue weighted by molar-refractivity contribution is 14.0. The number of aliphatic imine (C=N–C) groups is 1. The first kappa shape index (κ1) is 19.2. The maximum atomic E-state index is 10.9. The molecule has 25 heavy (non-hydrogen) atoms. The number of rotatable bonds is 3. The predicted octanol–water partition coefficient (Wildman–Crippen LogP) is 3.35. The Kier molecular flexibility index (Phi) is 6.74. The molecule has 0 spiro atoms. The van der Waals surface area contributed by atoms with Crippen LogP contribution in [-0.2, 0) is 19.5 Å². The fraction of sp³-hybridized carbons (Fsp3) is 0.278. The van der Waals surface area contributed by atoms with Crippen molar-refractivity contribution in [1.29, 1.82) is 0 Å². The van der Waals surface area contributed by atoms with Crippen LogP contribution in [0.25, 0.3) is 0 Å². The van der Waals surface area contributed by atoms with Crippen molar-refractivity contribution < 1.29 is 4.92 Å². The van der Waals surface area contributed by atoms with Gasteiger partial charge in [-0.25, -0.2) is 0 Å². The molecule has 0 aliphatic carbocycles. The average molecular weight is 452 g/mol. The summed E-state index contributed by atoms with van der Waals surface area (Å²) in [5.41, 5.74) is 3.68. The third kappa shape index (κ3) is 4.68. The van der Waals surface area contributed by atoms with Gasteiger partial charge in [0.05, 0.1) is 4.92 Å². The summed E-state index contributed by atoms with van der Waals surface area (Å²) in [6.45, 7) is 2.24. The quantitative estimate of drug-likeness (QED) is 0.255. The molecule has 0 fully saturated rings. The van der Waals surface area contributed by atoms with E-state index in [0.717, 1.165) is 31.0 Å². The number of hydrogen-bond acceptors (Lipinski definition) is 3. The molecule has 1 aliphatic heterocycles. The minimum atomic E-state index is -0.375. The smallest absolute Gasteiger partial charge is 0.269 e. The molecule has 1 heterocycles. The third-order valence-corrected chi connectivity index (χ3v) is 4.21. The van der Waals surface area contributed by atoms with Crippen LogP contribution >= 0.6 is 24.0 Å². The second-order valence-electron chi connectivity index (χ2n) is 5.77. The second kappa shape index (κ2) is 8.80. The van der Waals surface area contributed by atoms with Crippen LogP contribution in [0.3, 0.4) is 0 Å². The fourth-order valence-electron chi connectivity index (χ4n) is 2.97. The number of non-ortho nitro benzene ring substituents is 1. The predicted molar refractivity (Wildman–Crippen MR) is 109 cm³/mol. The number of nitrogens with zero attached hydrogens (tertiary/aromatic N) is 3. The summed E-state index contributed by atoms with van der Waals surface area (Å²) in [5, 5.41) is 14.2. The number of nitrogens with one attached hydrogen (secondary N) is 1. The van der Waals surface area contributed by atoms with E-state index < -0.39 is 0 Å². The SMILES string of the molecule is CN=C(NCc1cccc([N+](=O)[O-])c1)N1CCc2ccccc2C1.I. The number of benzene rings is 2. The van der Waals surface area contributed by atoms with Crippen LogP contribution < -0.4 is 5.32 Å². The molecule has 0 amide bonds. The Labute approximate surface area is 164 Å². The zero-order chi connectivity index (χ0) is 16.9. The maximum Gasteiger partial charge on any atom is 0.269 e. The zero-order valence-corrected chi connectivity index (χ0v) is 16.3. The van der Waals surface area contributed by atoms with E-state index in [0.29, 0.717) is 6.54 Å². The molecule has 6 nitrogen and oxygen atoms in total. The van der Waals surface area contributed by atoms with Gasteiger partial charge in [0.15, 0.2) is 5.96 Å². The molecule has 0 atom stereocenters. The van der Waals surface area contributed by atoms with E-state index in [-0.39, 0.29) is 34.6 Å². The molecule has 1 aliphatic rings. The highest BCUT2D eigenvalue weighted by Crippen LogP contribution is 2.18. The first-order valence-corrected chi connectivity index (χ1v) is 7.93. The van der Waals surface area contributed by atoms with Crippen molar-refractivity contribution in [2.45, 2.75) is 19.5 Å². The van der Waals surface area contributed by atoms with Gasteiger partial charge in [-0.05, 0) is 23.1 Å². The van der Waals surface area contributed by atoms with Gasteiger partial charge in [-0.15, -0.1) is 24.0 Å². The van der Waals surface area contributed by atoms with Gasteiger partial charge in [0.25, 0.3) is 5.69 Å². The Hall–Kier alpha value is -2.16. The summed E-state index contributed by atoms with van der Waals surface area (Å²) < 4.78 is 0. The van der Waals surface area contributed by atoms with Crippen LogP contribution in [0.2, 0.25) is 0 Å². The third-order valence-electron chi connectivity index (χ3n) is 4.21. The van der Waals surface area contributed by atoms with Gasteiger partial charge in [-0.3, -0.25) is 15.1 Å². The van der Waals surface area contributed by atoms with Crippen LogP contribution in [0.4, 0.5) is 5.69 Å². The lowest BCUT2D eigenvalue weighted by Gasteiger charge is -2.31. The molecule has 0 saturated heterocycles. The van der Waals surface area contributed by atoms with Crippen molar-refractivity contribution in [2.24, 2.45) is 4.99 Å². The molecular formula is C18H21IN4O2. The largest absolute Gasteiger partial charge is 0.352 e. The Morgan fingerprint density at radius 3 is 2.72 bits per heavy atom. The Bertz CT molecular complexity index is 779. The molecule has 2 aromatic rings. The molecule has 0 bridgehead atoms. The molecule has 0 unspecified atom stereocenters. The average Bonchev–Trinajstić information content (AvgIpc) is 2.62. The molecule has 3 rings (SSSR count). The highest BCUT2D eigenvalue weighted by atomic mass is 127. The summed E-state index contributed by atoms with van der Waals surface area (Å²) >= 11 is 0. The Morgan fingerprint density at radius 2 is 2.00 bits per heavy atom. The normalized spacial score (nSPS) is 13.6. The van der Waals surface area contributed by atoms with Crippen molar-refractivity contribution >= 4 is 35.6 Å². The monoisotopic (exact) mass is 452 g/mol. The van der Waals surface area contributed by atoms with Crippen LogP contribution in [0, 0.1) is 10.1 Å². The number of fused-ring (bicyclic) bond motifs is 1. The highest BCUT2D eigenvalue weighted by Gasteiger charge is 2.18. The lowest BCUT2D eigenvalue weighted by atomic mass is 10.0. The van der Waals surface area contributed by atoms with Crippen molar-refractivity contribution in [3.63, 3.8) is 0 Å². The number of guanidine groups is 1. The minimum Gasteiger partial charge on any atom is -0.352 e. The van der Waals surface area contributed by atoms with Gasteiger partial charge in [-0.1, -0.05) is 36.4 Å². The van der Waals surface area contributed by atoms with E-state index in [9.17, 15) is 10.1 Å². The van der Waals surface area contributed by atoms with Crippen molar-refractivity contribution in [3.05, 3.63) is 75.3 Å². The summed E-state index contributed by atoms with van der Waals surface area (Å²) in [5.74, 6) is 0.816. The first-order chi connectivity index (χ1) is 11.7. The van der Waals surface area contributed by atoms with Crippen molar-refractivity contribution in [2.75, 3.05) is 13.6 Å². The van der Waals surface area contributed by atoms with E-state index >= 15 is 0 Å². The van der Waals surface area contributed by atoms with Crippen LogP contribution in [-0.4, -0.2) is 29.4 Å². The minimum absolute atomic E-state index is 0. The summed E-state index contributed by atoms with van der Waals surface area (Å²) in [7, 11) is 1.76. The van der Waals surface area contributed by atoms with Crippen LogP contribution in [0.1, 0.15) is 16.7 Å². The standard InChI is InChI=1S/C18H20N4O2.HI/c1-19-18(20-12-14-5-4-8-17(11-14)22(23)24)21-10-9-15-6-2-3-7-16(15)13-21;/h2-8,11H,9-10,12-13H2,1H3,(H,19,20);1H. The molecule has 0 radical (unpaired) electrons. The van der Waals surface area contributed by atoms with E-state index in [4.69, 9.17) is 0 Å². The van der Waals surface area contributed by atoms with Gasteiger partial charge in [0.1, 0.15) is 0 Å². The Balaban J connectivity index is 0.00000225. The van der Waals surface area contributed by atoms with Crippen LogP contribution in [0.15, 0.2) is 53.5 Å². The van der Waals surface area contributed by atoms with Gasteiger partial charge in [0.2, 0.25) is 0 Å². The summed E-state index contributed by atoms with van der Waals surface area (Å²) in [4.78, 5) is 17.1. The van der Waals surface area contributed by atoms with E-state index in [2.05, 4.69) is 39.5 Å². The van der Waals surface area contributed by atoms with Crippen molar-refractivity contribution in [3.8, 4) is 0 Å². The number of nitro benzene ring substituents is 1. The summed E-state index contributed by atoms with van der Waals surface area (Å²) in [6.07, 6.45) is 0.994. The molecular weight excluding hydrogens is 431 g/mol. The van der Waals surface area contributed by atoms with Gasteiger partial charge in [-0.2, -0.15) is 0 Å². The molecule has 2 aromatic carbocycles. The lowest BCUT2D eigenvalue weighted by molar-refractivity contribution is -0.384. The van der Waals surface area contributed by atoms with Gasteiger partial charge < -0.3 is 10.2 Å². The summed E-state index contributed by atoms with van der Waals surface area (Å²) in [6, 6.07) is 15.1. The zero-order valence-electron chi connectivity index (χ0n) is 14.0. The molecule has 1 N–H and O–H groups in total. The van der Waals surface area contributed by atoms with E-state index in [1.54, 1.807) is 19.2 Å². The second-order valence-corrected chi connectivity index (χ2v) is 5.77. The first-order valence-electron chi connectivity index (χ1n) is 7.93. The van der Waals surface area contributed by atoms with Gasteiger partial charge in [0, 0.05) is 38.8 Å². The van der Waals surface area contributed by atoms with Crippen molar-refractivity contribution in [1.82, 2.24) is 10.2 Å². The Morgan fingerprint density at radius 1 is 1.24 bits per heavy atom. The topological polar surface area (TPSA) is 70.8 Å². The molecule has 0 saturated carbocycles. The fourth-order valence-corrected chi connectivity index (χ4v) is 2.97.